The van der Waals surface area contributed by atoms with Crippen molar-refractivity contribution in [3.8, 4) is 11.5 Å². The van der Waals surface area contributed by atoms with E-state index in [1.54, 1.807) is 0 Å². The molecular formula is C17H21ClN4O2. The quantitative estimate of drug-likeness (QED) is 0.919. The molecule has 1 aromatic heterocycles. The van der Waals surface area contributed by atoms with E-state index in [9.17, 15) is 0 Å². The fourth-order valence-corrected chi connectivity index (χ4v) is 3.49. The number of aryl methyl sites for hydroxylation is 2. The van der Waals surface area contributed by atoms with Gasteiger partial charge in [-0.3, -0.25) is 0 Å². The predicted octanol–water partition coefficient (Wildman–Crippen LogP) is 2.37. The first kappa shape index (κ1) is 15.7. The van der Waals surface area contributed by atoms with E-state index in [0.29, 0.717) is 30.0 Å². The Hall–Kier alpha value is -1.79. The van der Waals surface area contributed by atoms with Crippen LogP contribution in [-0.4, -0.2) is 34.0 Å². The lowest BCUT2D eigenvalue weighted by Crippen LogP contribution is -2.37. The van der Waals surface area contributed by atoms with Gasteiger partial charge in [0.1, 0.15) is 19.0 Å². The maximum Gasteiger partial charge on any atom is 0.179 e. The van der Waals surface area contributed by atoms with Crippen LogP contribution in [0.25, 0.3) is 0 Å². The van der Waals surface area contributed by atoms with Crippen LogP contribution < -0.4 is 14.8 Å². The maximum absolute atomic E-state index is 6.30. The predicted molar refractivity (Wildman–Crippen MR) is 90.8 cm³/mol. The summed E-state index contributed by atoms with van der Waals surface area (Å²) in [6.45, 7) is 4.80. The Morgan fingerprint density at radius 1 is 1.33 bits per heavy atom. The van der Waals surface area contributed by atoms with Crippen molar-refractivity contribution in [2.24, 2.45) is 0 Å². The Balaban J connectivity index is 1.41. The van der Waals surface area contributed by atoms with Gasteiger partial charge in [-0.05, 0) is 24.1 Å². The topological polar surface area (TPSA) is 61.2 Å². The minimum absolute atomic E-state index is 0.385. The molecule has 3 heterocycles. The summed E-state index contributed by atoms with van der Waals surface area (Å²) in [6.07, 6.45) is 2.92. The van der Waals surface area contributed by atoms with E-state index in [4.69, 9.17) is 21.1 Å². The summed E-state index contributed by atoms with van der Waals surface area (Å²) < 4.78 is 13.2. The molecule has 4 rings (SSSR count). The molecule has 0 bridgehead atoms. The van der Waals surface area contributed by atoms with Crippen molar-refractivity contribution in [3.63, 3.8) is 0 Å². The molecule has 0 aliphatic carbocycles. The van der Waals surface area contributed by atoms with Crippen molar-refractivity contribution < 1.29 is 9.47 Å². The lowest BCUT2D eigenvalue weighted by Gasteiger charge is -2.24. The van der Waals surface area contributed by atoms with E-state index in [1.807, 2.05) is 16.8 Å². The third kappa shape index (κ3) is 3.08. The summed E-state index contributed by atoms with van der Waals surface area (Å²) in [7, 11) is 0. The number of rotatable bonds is 4. The lowest BCUT2D eigenvalue weighted by molar-refractivity contribution is 0.171. The summed E-state index contributed by atoms with van der Waals surface area (Å²) in [6, 6.07) is 4.34. The minimum Gasteiger partial charge on any atom is -0.486 e. The lowest BCUT2D eigenvalue weighted by atomic mass is 10.1. The molecule has 128 valence electrons. The van der Waals surface area contributed by atoms with E-state index in [0.717, 1.165) is 55.3 Å². The minimum atomic E-state index is 0.385. The van der Waals surface area contributed by atoms with Gasteiger partial charge in [0, 0.05) is 25.4 Å². The van der Waals surface area contributed by atoms with Crippen molar-refractivity contribution in [1.82, 2.24) is 20.1 Å². The molecule has 7 heteroatoms. The fourth-order valence-electron chi connectivity index (χ4n) is 3.21. The van der Waals surface area contributed by atoms with Crippen molar-refractivity contribution >= 4 is 11.6 Å². The zero-order chi connectivity index (χ0) is 16.5. The smallest absolute Gasteiger partial charge is 0.179 e. The first-order valence-electron chi connectivity index (χ1n) is 8.47. The van der Waals surface area contributed by atoms with E-state index < -0.39 is 0 Å². The largest absolute Gasteiger partial charge is 0.486 e. The molecule has 0 spiro atoms. The number of nitrogens with zero attached hydrogens (tertiary/aromatic N) is 3. The summed E-state index contributed by atoms with van der Waals surface area (Å²) in [5.74, 6) is 3.43. The van der Waals surface area contributed by atoms with Gasteiger partial charge in [-0.2, -0.15) is 5.10 Å². The number of hydrogen-bond acceptors (Lipinski definition) is 5. The first-order chi connectivity index (χ1) is 11.7. The second kappa shape index (κ2) is 6.61. The van der Waals surface area contributed by atoms with Crippen molar-refractivity contribution in [2.45, 2.75) is 45.3 Å². The summed E-state index contributed by atoms with van der Waals surface area (Å²) >= 11 is 6.30. The SMILES string of the molecule is CCc1nc2n(n1)CC(NCc1cc(Cl)c3c(c1)OCCO3)CC2. The Morgan fingerprint density at radius 3 is 3.08 bits per heavy atom. The van der Waals surface area contributed by atoms with E-state index in [-0.39, 0.29) is 0 Å². The van der Waals surface area contributed by atoms with Gasteiger partial charge in [0.25, 0.3) is 0 Å². The van der Waals surface area contributed by atoms with Gasteiger partial charge in [-0.25, -0.2) is 9.67 Å². The molecule has 0 saturated heterocycles. The number of nitrogens with one attached hydrogen (secondary N) is 1. The number of hydrogen-bond donors (Lipinski definition) is 1. The second-order valence-corrected chi connectivity index (χ2v) is 6.61. The van der Waals surface area contributed by atoms with Gasteiger partial charge in [0.2, 0.25) is 0 Å². The Labute approximate surface area is 146 Å². The molecule has 24 heavy (non-hydrogen) atoms. The molecule has 2 aromatic rings. The number of benzene rings is 1. The molecule has 1 unspecified atom stereocenters. The van der Waals surface area contributed by atoms with Crippen LogP contribution in [0.3, 0.4) is 0 Å². The van der Waals surface area contributed by atoms with Gasteiger partial charge >= 0.3 is 0 Å². The normalized spacial score (nSPS) is 19.2. The summed E-state index contributed by atoms with van der Waals surface area (Å²) in [5, 5.41) is 8.76. The van der Waals surface area contributed by atoms with Crippen LogP contribution in [0.1, 0.15) is 30.6 Å². The molecule has 1 atom stereocenters. The number of ether oxygens (including phenoxy) is 2. The Bertz CT molecular complexity index is 746. The Kier molecular flexibility index (Phi) is 4.33. The molecular weight excluding hydrogens is 328 g/mol. The number of fused-ring (bicyclic) bond motifs is 2. The van der Waals surface area contributed by atoms with Crippen LogP contribution in [0.4, 0.5) is 0 Å². The molecule has 1 aromatic carbocycles. The third-order valence-electron chi connectivity index (χ3n) is 4.47. The molecule has 6 nitrogen and oxygen atoms in total. The highest BCUT2D eigenvalue weighted by atomic mass is 35.5. The fraction of sp³-hybridized carbons (Fsp3) is 0.529. The molecule has 2 aliphatic heterocycles. The van der Waals surface area contributed by atoms with Gasteiger partial charge < -0.3 is 14.8 Å². The van der Waals surface area contributed by atoms with Crippen molar-refractivity contribution in [3.05, 3.63) is 34.4 Å². The standard InChI is InChI=1S/C17H21ClN4O2/c1-2-15-20-16-4-3-12(10-22(16)21-15)19-9-11-7-13(18)17-14(8-11)23-5-6-24-17/h7-8,12,19H,2-6,9-10H2,1H3. The first-order valence-corrected chi connectivity index (χ1v) is 8.84. The van der Waals surface area contributed by atoms with Crippen molar-refractivity contribution in [1.29, 1.82) is 0 Å². The van der Waals surface area contributed by atoms with Gasteiger partial charge in [0.15, 0.2) is 17.3 Å². The average Bonchev–Trinajstić information content (AvgIpc) is 3.02. The van der Waals surface area contributed by atoms with Gasteiger partial charge in [0.05, 0.1) is 11.6 Å². The third-order valence-corrected chi connectivity index (χ3v) is 4.75. The monoisotopic (exact) mass is 348 g/mol. The van der Waals surface area contributed by atoms with Crippen molar-refractivity contribution in [2.75, 3.05) is 13.2 Å². The van der Waals surface area contributed by atoms with E-state index in [2.05, 4.69) is 22.3 Å². The van der Waals surface area contributed by atoms with Crippen LogP contribution >= 0.6 is 11.6 Å². The van der Waals surface area contributed by atoms with Crippen LogP contribution in [0, 0.1) is 0 Å². The zero-order valence-electron chi connectivity index (χ0n) is 13.7. The highest BCUT2D eigenvalue weighted by Crippen LogP contribution is 2.38. The van der Waals surface area contributed by atoms with E-state index in [1.165, 1.54) is 0 Å². The summed E-state index contributed by atoms with van der Waals surface area (Å²) in [5.41, 5.74) is 1.10. The second-order valence-electron chi connectivity index (χ2n) is 6.20. The highest BCUT2D eigenvalue weighted by molar-refractivity contribution is 6.32. The molecule has 2 aliphatic rings. The average molecular weight is 349 g/mol. The van der Waals surface area contributed by atoms with Crippen LogP contribution in [0.2, 0.25) is 5.02 Å². The molecule has 0 amide bonds. The number of aromatic nitrogens is 3. The number of halogens is 1. The Morgan fingerprint density at radius 2 is 2.21 bits per heavy atom. The zero-order valence-corrected chi connectivity index (χ0v) is 14.5. The van der Waals surface area contributed by atoms with E-state index >= 15 is 0 Å². The molecule has 1 N–H and O–H groups in total. The maximum atomic E-state index is 6.30. The van der Waals surface area contributed by atoms with Crippen LogP contribution in [0.15, 0.2) is 12.1 Å². The van der Waals surface area contributed by atoms with Gasteiger partial charge in [-0.1, -0.05) is 18.5 Å². The molecule has 0 fully saturated rings. The summed E-state index contributed by atoms with van der Waals surface area (Å²) in [4.78, 5) is 4.56. The van der Waals surface area contributed by atoms with Crippen LogP contribution in [-0.2, 0) is 25.9 Å². The molecule has 0 radical (unpaired) electrons. The highest BCUT2D eigenvalue weighted by Gasteiger charge is 2.22. The molecule has 0 saturated carbocycles. The van der Waals surface area contributed by atoms with Crippen LogP contribution in [0.5, 0.6) is 11.5 Å². The van der Waals surface area contributed by atoms with Gasteiger partial charge in [-0.15, -0.1) is 0 Å².